The van der Waals surface area contributed by atoms with Gasteiger partial charge in [-0.1, -0.05) is 134 Å². The van der Waals surface area contributed by atoms with E-state index in [0.29, 0.717) is 12.2 Å². The standard InChI is InChI=1S/C35H50NO2.C24BF20/c1-2-3-4-5-6-7-8-9-10-11-12-13-14-15-16-19-28-38-35(37)33-24-22-31(23-25-33)29-36-27-26-32-20-17-18-21-34(32)30-36;26-5-1(6(27)14(35)21(42)13(5)34)25(2-7(28)15(36)22(43)16(37)8(2)29,3-9(30)17(38)23(44)18(39)10(3)31)4-11(32)19(40)24(45)20(41)12(4)33/h17-18,20-27,30H,2-16,19,28-29H2,1H3;/q+1;-1. The number of nitrogens with zero attached hydrogens (tertiary/aromatic N) is 1. The Bertz CT molecular complexity index is 3070. The first-order valence-corrected chi connectivity index (χ1v) is 26.3. The molecule has 0 aliphatic rings. The highest BCUT2D eigenvalue weighted by Crippen LogP contribution is 2.31. The summed E-state index contributed by atoms with van der Waals surface area (Å²) in [5.74, 6) is -71.6. The summed E-state index contributed by atoms with van der Waals surface area (Å²) in [6.45, 7) is 3.58. The molecule has 1 heterocycles. The normalized spacial score (nSPS) is 11.6. The summed E-state index contributed by atoms with van der Waals surface area (Å²) in [4.78, 5) is 12.4. The van der Waals surface area contributed by atoms with Gasteiger partial charge in [-0.15, -0.1) is 21.9 Å². The second-order valence-corrected chi connectivity index (χ2v) is 19.7. The van der Waals surface area contributed by atoms with E-state index < -0.39 is 144 Å². The highest BCUT2D eigenvalue weighted by Gasteiger charge is 2.52. The number of carbonyl (C=O) groups is 1. The van der Waals surface area contributed by atoms with Crippen LogP contribution < -0.4 is 26.4 Å². The van der Waals surface area contributed by atoms with Gasteiger partial charge >= 0.3 is 5.97 Å². The van der Waals surface area contributed by atoms with Gasteiger partial charge < -0.3 is 4.74 Å². The molecule has 0 saturated heterocycles. The second-order valence-electron chi connectivity index (χ2n) is 19.7. The first-order valence-electron chi connectivity index (χ1n) is 26.3. The SMILES string of the molecule is CCCCCCCCCCCCCCCCCCOC(=O)c1ccc(C[n+]2ccc3ccccc3c2)cc1.Fc1c(F)c(F)c([B-](c2c(F)c(F)c(F)c(F)c2F)(c2c(F)c(F)c(F)c(F)c2F)c2c(F)c(F)c(F)c(F)c2F)c(F)c1F. The minimum Gasteiger partial charge on any atom is -0.462 e. The van der Waals surface area contributed by atoms with Gasteiger partial charge in [-0.05, 0) is 30.0 Å². The Morgan fingerprint density at radius 1 is 0.361 bits per heavy atom. The van der Waals surface area contributed by atoms with Crippen LogP contribution in [0.5, 0.6) is 0 Å². The molecule has 6 aromatic carbocycles. The Morgan fingerprint density at radius 3 is 0.976 bits per heavy atom. The molecule has 1 aromatic heterocycles. The molecular weight excluding hydrogens is 1150 g/mol. The molecule has 0 aliphatic carbocycles. The van der Waals surface area contributed by atoms with Gasteiger partial charge in [0.25, 0.3) is 0 Å². The fraction of sp³-hybridized carbons (Fsp3) is 0.322. The highest BCUT2D eigenvalue weighted by molar-refractivity contribution is 7.20. The zero-order valence-corrected chi connectivity index (χ0v) is 44.0. The maximum atomic E-state index is 15.4. The molecule has 83 heavy (non-hydrogen) atoms. The Hall–Kier alpha value is -7.14. The van der Waals surface area contributed by atoms with Gasteiger partial charge in [-0.25, -0.2) is 97.2 Å². The van der Waals surface area contributed by atoms with E-state index in [1.54, 1.807) is 0 Å². The van der Waals surface area contributed by atoms with Gasteiger partial charge in [0, 0.05) is 17.0 Å². The van der Waals surface area contributed by atoms with Crippen LogP contribution in [0.25, 0.3) is 10.8 Å². The molecular formula is C59H50BF20NO2. The van der Waals surface area contributed by atoms with E-state index in [2.05, 4.69) is 54.2 Å². The minimum absolute atomic E-state index is 0.212. The van der Waals surface area contributed by atoms with Gasteiger partial charge in [0.2, 0.25) is 0 Å². The maximum absolute atomic E-state index is 15.4. The second kappa shape index (κ2) is 28.9. The van der Waals surface area contributed by atoms with Crippen LogP contribution >= 0.6 is 0 Å². The number of halogens is 20. The molecule has 0 unspecified atom stereocenters. The molecule has 7 rings (SSSR count). The van der Waals surface area contributed by atoms with E-state index in [1.807, 2.05) is 24.3 Å². The van der Waals surface area contributed by atoms with Crippen LogP contribution in [-0.4, -0.2) is 18.7 Å². The highest BCUT2D eigenvalue weighted by atomic mass is 19.2. The number of ether oxygens (including phenoxy) is 1. The Balaban J connectivity index is 0.000000271. The molecule has 0 spiro atoms. The van der Waals surface area contributed by atoms with Crippen LogP contribution in [0.15, 0.2) is 67.0 Å². The predicted octanol–water partition coefficient (Wildman–Crippen LogP) is 15.4. The van der Waals surface area contributed by atoms with Gasteiger partial charge in [0.15, 0.2) is 88.7 Å². The summed E-state index contributed by atoms with van der Waals surface area (Å²) >= 11 is 0. The third-order valence-corrected chi connectivity index (χ3v) is 14.2. The lowest BCUT2D eigenvalue weighted by Gasteiger charge is -2.44. The smallest absolute Gasteiger partial charge is 0.338 e. The number of pyridine rings is 1. The summed E-state index contributed by atoms with van der Waals surface area (Å²) in [6.07, 6.45) is 18.6. The molecule has 0 amide bonds. The van der Waals surface area contributed by atoms with Crippen LogP contribution in [0.4, 0.5) is 87.8 Å². The zero-order valence-electron chi connectivity index (χ0n) is 44.0. The van der Waals surface area contributed by atoms with Crippen molar-refractivity contribution in [3.8, 4) is 0 Å². The molecule has 0 saturated carbocycles. The number of unbranched alkanes of at least 4 members (excludes halogenated alkanes) is 15. The van der Waals surface area contributed by atoms with Crippen LogP contribution in [-0.2, 0) is 11.3 Å². The number of fused-ring (bicyclic) bond motifs is 1. The predicted molar refractivity (Wildman–Crippen MR) is 269 cm³/mol. The van der Waals surface area contributed by atoms with Crippen LogP contribution in [0.3, 0.4) is 0 Å². The van der Waals surface area contributed by atoms with Crippen molar-refractivity contribution in [2.75, 3.05) is 6.61 Å². The van der Waals surface area contributed by atoms with Crippen molar-refractivity contribution in [1.29, 1.82) is 0 Å². The average Bonchev–Trinajstić information content (AvgIpc) is 0.800. The lowest BCUT2D eigenvalue weighted by Crippen LogP contribution is -2.81. The third kappa shape index (κ3) is 13.8. The third-order valence-electron chi connectivity index (χ3n) is 14.2. The van der Waals surface area contributed by atoms with Crippen molar-refractivity contribution in [2.24, 2.45) is 0 Å². The molecule has 3 nitrogen and oxygen atoms in total. The van der Waals surface area contributed by atoms with Crippen LogP contribution in [0, 0.1) is 116 Å². The van der Waals surface area contributed by atoms with E-state index in [0.717, 1.165) is 19.4 Å². The van der Waals surface area contributed by atoms with Gasteiger partial charge in [0.1, 0.15) is 52.7 Å². The Morgan fingerprint density at radius 2 is 0.651 bits per heavy atom. The summed E-state index contributed by atoms with van der Waals surface area (Å²) in [7, 11) is 0. The van der Waals surface area contributed by atoms with Crippen molar-refractivity contribution in [3.05, 3.63) is 194 Å². The number of esters is 1. The topological polar surface area (TPSA) is 30.2 Å². The van der Waals surface area contributed by atoms with E-state index in [4.69, 9.17) is 4.74 Å². The van der Waals surface area contributed by atoms with E-state index >= 15 is 35.1 Å². The van der Waals surface area contributed by atoms with E-state index in [9.17, 15) is 57.5 Å². The Kier molecular flexibility index (Phi) is 22.6. The van der Waals surface area contributed by atoms with Crippen molar-refractivity contribution in [1.82, 2.24) is 0 Å². The number of aromatic nitrogens is 1. The first-order chi connectivity index (χ1) is 39.5. The van der Waals surface area contributed by atoms with Crippen molar-refractivity contribution < 1.29 is 102 Å². The average molecular weight is 1200 g/mol. The van der Waals surface area contributed by atoms with Crippen molar-refractivity contribution in [2.45, 2.75) is 116 Å². The summed E-state index contributed by atoms with van der Waals surface area (Å²) in [6, 6.07) is 18.3. The van der Waals surface area contributed by atoms with Crippen LogP contribution in [0.1, 0.15) is 126 Å². The summed E-state index contributed by atoms with van der Waals surface area (Å²) in [5, 5.41) is 2.47. The maximum Gasteiger partial charge on any atom is 0.338 e. The van der Waals surface area contributed by atoms with Crippen LogP contribution in [0.2, 0.25) is 0 Å². The summed E-state index contributed by atoms with van der Waals surface area (Å²) < 4.78 is 302. The molecule has 446 valence electrons. The lowest BCUT2D eigenvalue weighted by molar-refractivity contribution is -0.687. The molecule has 24 heteroatoms. The van der Waals surface area contributed by atoms with Gasteiger partial charge in [0.05, 0.1) is 12.2 Å². The largest absolute Gasteiger partial charge is 0.462 e. The van der Waals surface area contributed by atoms with E-state index in [1.165, 1.54) is 106 Å². The number of benzene rings is 6. The number of hydrogen-bond acceptors (Lipinski definition) is 2. The molecule has 0 fully saturated rings. The molecule has 0 N–H and O–H groups in total. The molecule has 0 radical (unpaired) electrons. The summed E-state index contributed by atoms with van der Waals surface area (Å²) in [5.41, 5.74) is -12.5. The number of carbonyl (C=O) groups excluding carboxylic acids is 1. The number of hydrogen-bond donors (Lipinski definition) is 0. The van der Waals surface area contributed by atoms with Crippen molar-refractivity contribution >= 4 is 44.7 Å². The van der Waals surface area contributed by atoms with Gasteiger partial charge in [-0.3, -0.25) is 0 Å². The Labute approximate surface area is 462 Å². The minimum atomic E-state index is -7.22. The van der Waals surface area contributed by atoms with Gasteiger partial charge in [-0.2, -0.15) is 0 Å². The van der Waals surface area contributed by atoms with Crippen molar-refractivity contribution in [3.63, 3.8) is 0 Å². The fourth-order valence-corrected chi connectivity index (χ4v) is 10.0. The number of rotatable bonds is 24. The van der Waals surface area contributed by atoms with E-state index in [-0.39, 0.29) is 5.97 Å². The monoisotopic (exact) mass is 1200 g/mol. The quantitative estimate of drug-likeness (QED) is 0.0115. The molecule has 0 bridgehead atoms. The first kappa shape index (κ1) is 65.0. The lowest BCUT2D eigenvalue weighted by atomic mass is 9.12. The molecule has 0 aliphatic heterocycles. The zero-order chi connectivity index (χ0) is 61.0. The molecule has 7 aromatic rings. The fourth-order valence-electron chi connectivity index (χ4n) is 10.0. The molecule has 0 atom stereocenters.